The van der Waals surface area contributed by atoms with Gasteiger partial charge in [-0.1, -0.05) is 42.8 Å². The fourth-order valence-corrected chi connectivity index (χ4v) is 3.29. The summed E-state index contributed by atoms with van der Waals surface area (Å²) in [6, 6.07) is 6.26. The number of aryl methyl sites for hydroxylation is 3. The Balaban J connectivity index is 1.58. The van der Waals surface area contributed by atoms with Gasteiger partial charge in [-0.2, -0.15) is 4.98 Å². The molecule has 0 aliphatic rings. The highest BCUT2D eigenvalue weighted by atomic mass is 32.1. The summed E-state index contributed by atoms with van der Waals surface area (Å²) in [5.74, 6) is 1.24. The zero-order valence-corrected chi connectivity index (χ0v) is 16.2. The van der Waals surface area contributed by atoms with Gasteiger partial charge in [0.05, 0.1) is 5.69 Å². The minimum atomic E-state index is -0.115. The van der Waals surface area contributed by atoms with Crippen molar-refractivity contribution in [3.8, 4) is 11.3 Å². The number of nitrogens with one attached hydrogen (secondary N) is 1. The van der Waals surface area contributed by atoms with E-state index in [9.17, 15) is 4.79 Å². The van der Waals surface area contributed by atoms with Crippen molar-refractivity contribution in [3.05, 3.63) is 46.4 Å². The van der Waals surface area contributed by atoms with Gasteiger partial charge in [0.25, 0.3) is 0 Å². The fourth-order valence-electron chi connectivity index (χ4n) is 2.56. The Morgan fingerprint density at radius 1 is 1.27 bits per heavy atom. The number of rotatable bonds is 6. The number of hydrogen-bond donors (Lipinski definition) is 1. The Morgan fingerprint density at radius 3 is 2.77 bits per heavy atom. The zero-order chi connectivity index (χ0) is 18.7. The summed E-state index contributed by atoms with van der Waals surface area (Å²) in [5.41, 5.74) is 4.35. The summed E-state index contributed by atoms with van der Waals surface area (Å²) in [6.45, 7) is 8.13. The van der Waals surface area contributed by atoms with E-state index in [2.05, 4.69) is 52.5 Å². The molecular weight excluding hydrogens is 348 g/mol. The third kappa shape index (κ3) is 4.35. The average Bonchev–Trinajstić information content (AvgIpc) is 3.22. The van der Waals surface area contributed by atoms with Crippen molar-refractivity contribution in [2.75, 3.05) is 5.32 Å². The highest BCUT2D eigenvalue weighted by molar-refractivity contribution is 7.14. The first-order chi connectivity index (χ1) is 12.4. The van der Waals surface area contributed by atoms with Crippen LogP contribution in [0.2, 0.25) is 0 Å². The fraction of sp³-hybridized carbons (Fsp3) is 0.368. The Hall–Kier alpha value is -2.54. The van der Waals surface area contributed by atoms with E-state index in [1.807, 2.05) is 19.2 Å². The molecule has 0 unspecified atom stereocenters. The summed E-state index contributed by atoms with van der Waals surface area (Å²) >= 11 is 1.42. The second-order valence-corrected chi connectivity index (χ2v) is 7.46. The standard InChI is InChI=1S/C19H22N4O2S/c1-11(2)18-22-17(25-23-18)8-7-16(24)21-19-20-15(10-26-19)14-6-5-12(3)9-13(14)4/h5-6,9-11H,7-8H2,1-4H3,(H,20,21,24). The summed E-state index contributed by atoms with van der Waals surface area (Å²) in [6.07, 6.45) is 0.694. The first kappa shape index (κ1) is 18.3. The van der Waals surface area contributed by atoms with E-state index in [4.69, 9.17) is 4.52 Å². The molecule has 1 amide bonds. The number of benzene rings is 1. The van der Waals surface area contributed by atoms with Crippen molar-refractivity contribution in [1.29, 1.82) is 0 Å². The van der Waals surface area contributed by atoms with Gasteiger partial charge >= 0.3 is 0 Å². The third-order valence-electron chi connectivity index (χ3n) is 3.97. The topological polar surface area (TPSA) is 80.9 Å². The van der Waals surface area contributed by atoms with Crippen LogP contribution in [-0.2, 0) is 11.2 Å². The normalized spacial score (nSPS) is 11.1. The molecule has 7 heteroatoms. The first-order valence-electron chi connectivity index (χ1n) is 8.58. The molecule has 0 fully saturated rings. The van der Waals surface area contributed by atoms with Crippen molar-refractivity contribution in [3.63, 3.8) is 0 Å². The molecule has 1 aromatic carbocycles. The van der Waals surface area contributed by atoms with Gasteiger partial charge < -0.3 is 9.84 Å². The van der Waals surface area contributed by atoms with Crippen LogP contribution in [0.5, 0.6) is 0 Å². The number of nitrogens with zero attached hydrogens (tertiary/aromatic N) is 3. The van der Waals surface area contributed by atoms with E-state index < -0.39 is 0 Å². The van der Waals surface area contributed by atoms with Gasteiger partial charge in [0, 0.05) is 29.7 Å². The van der Waals surface area contributed by atoms with Crippen LogP contribution in [0.15, 0.2) is 28.1 Å². The molecule has 0 aliphatic carbocycles. The van der Waals surface area contributed by atoms with Gasteiger partial charge in [-0.3, -0.25) is 4.79 Å². The SMILES string of the molecule is Cc1ccc(-c2csc(NC(=O)CCc3nc(C(C)C)no3)n2)c(C)c1. The Bertz CT molecular complexity index is 914. The van der Waals surface area contributed by atoms with Crippen LogP contribution < -0.4 is 5.32 Å². The molecular formula is C19H22N4O2S. The summed E-state index contributed by atoms with van der Waals surface area (Å²) < 4.78 is 5.16. The Kier molecular flexibility index (Phi) is 5.46. The van der Waals surface area contributed by atoms with Crippen LogP contribution in [0.25, 0.3) is 11.3 Å². The smallest absolute Gasteiger partial charge is 0.227 e. The maximum Gasteiger partial charge on any atom is 0.227 e. The number of anilines is 1. The second-order valence-electron chi connectivity index (χ2n) is 6.61. The predicted molar refractivity (Wildman–Crippen MR) is 102 cm³/mol. The summed E-state index contributed by atoms with van der Waals surface area (Å²) in [5, 5.41) is 9.30. The van der Waals surface area contributed by atoms with Crippen LogP contribution in [0.3, 0.4) is 0 Å². The van der Waals surface area contributed by atoms with E-state index >= 15 is 0 Å². The Labute approximate surface area is 156 Å². The van der Waals surface area contributed by atoms with Crippen LogP contribution in [0.1, 0.15) is 49.0 Å². The highest BCUT2D eigenvalue weighted by Gasteiger charge is 2.13. The molecule has 0 saturated carbocycles. The number of carbonyl (C=O) groups excluding carboxylic acids is 1. The van der Waals surface area contributed by atoms with Crippen LogP contribution in [0, 0.1) is 13.8 Å². The monoisotopic (exact) mass is 370 g/mol. The van der Waals surface area contributed by atoms with Crippen molar-refractivity contribution < 1.29 is 9.32 Å². The van der Waals surface area contributed by atoms with Crippen molar-refractivity contribution in [2.24, 2.45) is 0 Å². The molecule has 0 atom stereocenters. The van der Waals surface area contributed by atoms with E-state index in [-0.39, 0.29) is 18.2 Å². The van der Waals surface area contributed by atoms with Gasteiger partial charge in [0.15, 0.2) is 11.0 Å². The number of hydrogen-bond acceptors (Lipinski definition) is 6. The van der Waals surface area contributed by atoms with E-state index in [0.717, 1.165) is 11.3 Å². The van der Waals surface area contributed by atoms with Crippen LogP contribution >= 0.6 is 11.3 Å². The molecule has 6 nitrogen and oxygen atoms in total. The largest absolute Gasteiger partial charge is 0.339 e. The lowest BCUT2D eigenvalue weighted by atomic mass is 10.0. The highest BCUT2D eigenvalue weighted by Crippen LogP contribution is 2.28. The predicted octanol–water partition coefficient (Wildman–Crippen LogP) is 4.50. The quantitative estimate of drug-likeness (QED) is 0.691. The minimum Gasteiger partial charge on any atom is -0.339 e. The molecule has 3 rings (SSSR count). The summed E-state index contributed by atoms with van der Waals surface area (Å²) in [7, 11) is 0. The molecule has 0 saturated heterocycles. The molecule has 2 aromatic heterocycles. The van der Waals surface area contributed by atoms with Crippen molar-refractivity contribution >= 4 is 22.4 Å². The molecule has 1 N–H and O–H groups in total. The number of amides is 1. The maximum absolute atomic E-state index is 12.1. The van der Waals surface area contributed by atoms with E-state index in [1.165, 1.54) is 22.5 Å². The summed E-state index contributed by atoms with van der Waals surface area (Å²) in [4.78, 5) is 21.0. The number of thiazole rings is 1. The molecule has 0 spiro atoms. The second kappa shape index (κ2) is 7.78. The average molecular weight is 370 g/mol. The van der Waals surface area contributed by atoms with E-state index in [0.29, 0.717) is 23.3 Å². The number of carbonyl (C=O) groups is 1. The molecule has 0 radical (unpaired) electrons. The van der Waals surface area contributed by atoms with Crippen molar-refractivity contribution in [2.45, 2.75) is 46.5 Å². The molecule has 136 valence electrons. The molecule has 0 bridgehead atoms. The van der Waals surface area contributed by atoms with Crippen molar-refractivity contribution in [1.82, 2.24) is 15.1 Å². The lowest BCUT2D eigenvalue weighted by molar-refractivity contribution is -0.116. The Morgan fingerprint density at radius 2 is 2.08 bits per heavy atom. The molecule has 26 heavy (non-hydrogen) atoms. The first-order valence-corrected chi connectivity index (χ1v) is 9.46. The van der Waals surface area contributed by atoms with E-state index in [1.54, 1.807) is 0 Å². The molecule has 3 aromatic rings. The van der Waals surface area contributed by atoms with Gasteiger partial charge in [-0.15, -0.1) is 11.3 Å². The minimum absolute atomic E-state index is 0.115. The van der Waals surface area contributed by atoms with Gasteiger partial charge in [-0.25, -0.2) is 4.98 Å². The maximum atomic E-state index is 12.1. The van der Waals surface area contributed by atoms with Crippen LogP contribution in [-0.4, -0.2) is 21.0 Å². The zero-order valence-electron chi connectivity index (χ0n) is 15.4. The molecule has 0 aliphatic heterocycles. The van der Waals surface area contributed by atoms with Crippen LogP contribution in [0.4, 0.5) is 5.13 Å². The lowest BCUT2D eigenvalue weighted by Gasteiger charge is -2.03. The molecule has 2 heterocycles. The van der Waals surface area contributed by atoms with Gasteiger partial charge in [0.2, 0.25) is 11.8 Å². The van der Waals surface area contributed by atoms with Gasteiger partial charge in [-0.05, 0) is 19.4 Å². The lowest BCUT2D eigenvalue weighted by Crippen LogP contribution is -2.12. The number of aromatic nitrogens is 3. The van der Waals surface area contributed by atoms with Gasteiger partial charge in [0.1, 0.15) is 0 Å². The third-order valence-corrected chi connectivity index (χ3v) is 4.73.